The number of amides is 3. The molecule has 1 aliphatic heterocycles. The number of rotatable bonds is 6. The number of aromatic nitrogens is 3. The molecular formula is C22H18N6O5. The third-order valence-corrected chi connectivity index (χ3v) is 5.38. The molecule has 0 bridgehead atoms. The number of nitrogens with one attached hydrogen (secondary N) is 1. The molecule has 11 nitrogen and oxygen atoms in total. The van der Waals surface area contributed by atoms with Gasteiger partial charge in [-0.05, 0) is 18.2 Å². The monoisotopic (exact) mass is 446 g/mol. The zero-order chi connectivity index (χ0) is 23.1. The van der Waals surface area contributed by atoms with Gasteiger partial charge in [0.05, 0.1) is 22.2 Å². The Kier molecular flexibility index (Phi) is 4.87. The number of nitrogens with zero attached hydrogens (tertiary/aromatic N) is 4. The maximum absolute atomic E-state index is 12.6. The quantitative estimate of drug-likeness (QED) is 0.381. The second-order valence-electron chi connectivity index (χ2n) is 7.35. The first-order chi connectivity index (χ1) is 16.0. The van der Waals surface area contributed by atoms with Gasteiger partial charge in [0.1, 0.15) is 17.9 Å². The first-order valence-corrected chi connectivity index (χ1v) is 10.1. The summed E-state index contributed by atoms with van der Waals surface area (Å²) in [5.41, 5.74) is 8.41. The Bertz CT molecular complexity index is 1410. The number of nitrogens with two attached hydrogens (primary N) is 1. The number of carbonyl (C=O) groups excluding carboxylic acids is 2. The molecule has 2 aromatic heterocycles. The van der Waals surface area contributed by atoms with Crippen LogP contribution in [0.1, 0.15) is 26.5 Å². The predicted octanol–water partition coefficient (Wildman–Crippen LogP) is 2.16. The fourth-order valence-electron chi connectivity index (χ4n) is 3.94. The lowest BCUT2D eigenvalue weighted by molar-refractivity contribution is -0.103. The molecule has 166 valence electrons. The molecule has 0 radical (unpaired) electrons. The van der Waals surface area contributed by atoms with E-state index in [1.807, 2.05) is 24.3 Å². The van der Waals surface area contributed by atoms with Crippen molar-refractivity contribution < 1.29 is 24.3 Å². The summed E-state index contributed by atoms with van der Waals surface area (Å²) in [6.45, 7) is 0.0927. The number of hydrogen-bond acceptors (Lipinski definition) is 7. The Morgan fingerprint density at radius 2 is 1.70 bits per heavy atom. The van der Waals surface area contributed by atoms with Gasteiger partial charge in [-0.25, -0.2) is 14.8 Å². The highest BCUT2D eigenvalue weighted by molar-refractivity contribution is 6.20. The first-order valence-electron chi connectivity index (χ1n) is 10.1. The smallest absolute Gasteiger partial charge is 0.404 e. The number of imidazole rings is 1. The van der Waals surface area contributed by atoms with Crippen molar-refractivity contribution in [3.8, 4) is 0 Å². The van der Waals surface area contributed by atoms with E-state index >= 15 is 0 Å². The van der Waals surface area contributed by atoms with E-state index in [1.54, 1.807) is 28.8 Å². The van der Waals surface area contributed by atoms with E-state index in [4.69, 9.17) is 15.7 Å². The van der Waals surface area contributed by atoms with Crippen molar-refractivity contribution in [2.75, 3.05) is 12.3 Å². The number of pyridine rings is 1. The van der Waals surface area contributed by atoms with Crippen LogP contribution in [0.5, 0.6) is 0 Å². The number of fused-ring (bicyclic) bond motifs is 4. The summed E-state index contributed by atoms with van der Waals surface area (Å²) < 4.78 is 1.75. The summed E-state index contributed by atoms with van der Waals surface area (Å²) in [6, 6.07) is 13.8. The summed E-state index contributed by atoms with van der Waals surface area (Å²) in [4.78, 5) is 50.7. The standard InChI is InChI=1S/C22H18N6O5/c23-19-17-18(14-7-3-4-8-15(14)25-19)27(10-9-24-22(31)32)16(26-17)11-33-28-20(29)12-5-1-2-6-13(12)21(28)30/h1-8,24H,9-11H2,(H2,23,25)(H,31,32). The Morgan fingerprint density at radius 3 is 2.39 bits per heavy atom. The molecule has 0 spiro atoms. The van der Waals surface area contributed by atoms with E-state index in [2.05, 4.69) is 15.3 Å². The van der Waals surface area contributed by atoms with Gasteiger partial charge in [0.15, 0.2) is 5.82 Å². The summed E-state index contributed by atoms with van der Waals surface area (Å²) >= 11 is 0. The van der Waals surface area contributed by atoms with Crippen LogP contribution in [0, 0.1) is 0 Å². The van der Waals surface area contributed by atoms with Gasteiger partial charge in [-0.2, -0.15) is 0 Å². The highest BCUT2D eigenvalue weighted by Crippen LogP contribution is 2.30. The number of benzene rings is 2. The number of hydrogen-bond donors (Lipinski definition) is 3. The van der Waals surface area contributed by atoms with E-state index in [-0.39, 0.29) is 36.6 Å². The molecule has 0 saturated heterocycles. The van der Waals surface area contributed by atoms with Crippen molar-refractivity contribution in [2.24, 2.45) is 0 Å². The second kappa shape index (κ2) is 7.88. The molecule has 4 aromatic rings. The fourth-order valence-corrected chi connectivity index (χ4v) is 3.94. The van der Waals surface area contributed by atoms with Crippen LogP contribution in [0.3, 0.4) is 0 Å². The molecule has 0 atom stereocenters. The Balaban J connectivity index is 1.53. The Morgan fingerprint density at radius 1 is 1.03 bits per heavy atom. The molecule has 3 heterocycles. The van der Waals surface area contributed by atoms with Crippen LogP contribution in [0.25, 0.3) is 21.9 Å². The number of imide groups is 1. The van der Waals surface area contributed by atoms with Gasteiger partial charge < -0.3 is 20.7 Å². The van der Waals surface area contributed by atoms with Crippen molar-refractivity contribution in [3.05, 3.63) is 65.5 Å². The molecular weight excluding hydrogens is 428 g/mol. The van der Waals surface area contributed by atoms with E-state index < -0.39 is 17.9 Å². The van der Waals surface area contributed by atoms with Crippen molar-refractivity contribution in [2.45, 2.75) is 13.2 Å². The number of anilines is 1. The van der Waals surface area contributed by atoms with Crippen molar-refractivity contribution in [1.29, 1.82) is 0 Å². The summed E-state index contributed by atoms with van der Waals surface area (Å²) in [5.74, 6) is -0.552. The molecule has 0 unspecified atom stereocenters. The Hall–Kier alpha value is -4.51. The van der Waals surface area contributed by atoms with Crippen LogP contribution in [-0.4, -0.2) is 49.2 Å². The van der Waals surface area contributed by atoms with Crippen molar-refractivity contribution >= 4 is 45.7 Å². The third-order valence-electron chi connectivity index (χ3n) is 5.38. The fraction of sp³-hybridized carbons (Fsp3) is 0.136. The van der Waals surface area contributed by atoms with Gasteiger partial charge in [-0.15, -0.1) is 5.06 Å². The molecule has 0 aliphatic carbocycles. The highest BCUT2D eigenvalue weighted by Gasteiger charge is 2.36. The molecule has 0 saturated carbocycles. The van der Waals surface area contributed by atoms with Gasteiger partial charge in [-0.3, -0.25) is 14.4 Å². The van der Waals surface area contributed by atoms with Crippen LogP contribution in [0.2, 0.25) is 0 Å². The van der Waals surface area contributed by atoms with Gasteiger partial charge in [0.2, 0.25) is 0 Å². The molecule has 2 aromatic carbocycles. The molecule has 33 heavy (non-hydrogen) atoms. The summed E-state index contributed by atoms with van der Waals surface area (Å²) in [5, 5.41) is 12.8. The number of hydroxylamine groups is 2. The van der Waals surface area contributed by atoms with Gasteiger partial charge in [0, 0.05) is 18.5 Å². The average molecular weight is 446 g/mol. The minimum Gasteiger partial charge on any atom is -0.465 e. The minimum absolute atomic E-state index is 0.0946. The lowest BCUT2D eigenvalue weighted by atomic mass is 10.1. The zero-order valence-corrected chi connectivity index (χ0v) is 17.2. The first kappa shape index (κ1) is 20.4. The third kappa shape index (κ3) is 3.40. The lowest BCUT2D eigenvalue weighted by Gasteiger charge is -2.15. The number of para-hydroxylation sites is 1. The van der Waals surface area contributed by atoms with E-state index in [0.717, 1.165) is 5.39 Å². The van der Waals surface area contributed by atoms with E-state index in [0.29, 0.717) is 27.4 Å². The molecule has 1 aliphatic rings. The van der Waals surface area contributed by atoms with Crippen LogP contribution >= 0.6 is 0 Å². The molecule has 11 heteroatoms. The van der Waals surface area contributed by atoms with Crippen LogP contribution in [0.15, 0.2) is 48.5 Å². The van der Waals surface area contributed by atoms with Gasteiger partial charge >= 0.3 is 6.09 Å². The molecule has 5 rings (SSSR count). The van der Waals surface area contributed by atoms with Gasteiger partial charge in [0.25, 0.3) is 11.8 Å². The maximum Gasteiger partial charge on any atom is 0.404 e. The molecule has 3 amide bonds. The van der Waals surface area contributed by atoms with Crippen LogP contribution < -0.4 is 11.1 Å². The summed E-state index contributed by atoms with van der Waals surface area (Å²) in [7, 11) is 0. The lowest BCUT2D eigenvalue weighted by Crippen LogP contribution is -2.30. The maximum atomic E-state index is 12.6. The SMILES string of the molecule is Nc1nc2ccccc2c2c1nc(CON1C(=O)c3ccccc3C1=O)n2CCNC(=O)O. The highest BCUT2D eigenvalue weighted by atomic mass is 16.7. The van der Waals surface area contributed by atoms with Gasteiger partial charge in [-0.1, -0.05) is 30.3 Å². The number of nitrogen functional groups attached to an aromatic ring is 1. The normalized spacial score (nSPS) is 13.2. The average Bonchev–Trinajstić information content (AvgIpc) is 3.29. The Labute approximate surface area is 186 Å². The predicted molar refractivity (Wildman–Crippen MR) is 117 cm³/mol. The van der Waals surface area contributed by atoms with Crippen LogP contribution in [0.4, 0.5) is 10.6 Å². The van der Waals surface area contributed by atoms with Crippen LogP contribution in [-0.2, 0) is 18.0 Å². The van der Waals surface area contributed by atoms with E-state index in [9.17, 15) is 14.4 Å². The van der Waals surface area contributed by atoms with E-state index in [1.165, 1.54) is 0 Å². The largest absolute Gasteiger partial charge is 0.465 e. The van der Waals surface area contributed by atoms with Crippen molar-refractivity contribution in [3.63, 3.8) is 0 Å². The number of carboxylic acid groups (broad SMARTS) is 1. The second-order valence-corrected chi connectivity index (χ2v) is 7.35. The topological polar surface area (TPSA) is 153 Å². The summed E-state index contributed by atoms with van der Waals surface area (Å²) in [6.07, 6.45) is -1.16. The number of carbonyl (C=O) groups is 3. The van der Waals surface area contributed by atoms with Crippen molar-refractivity contribution in [1.82, 2.24) is 24.9 Å². The molecule has 4 N–H and O–H groups in total. The molecule has 0 fully saturated rings. The zero-order valence-electron chi connectivity index (χ0n) is 17.2. The minimum atomic E-state index is -1.16.